The van der Waals surface area contributed by atoms with Gasteiger partial charge in [0.2, 0.25) is 0 Å². The van der Waals surface area contributed by atoms with Gasteiger partial charge in [-0.05, 0) is 68.4 Å². The minimum Gasteiger partial charge on any atom is -0.371 e. The predicted octanol–water partition coefficient (Wildman–Crippen LogP) is 5.06. The topological polar surface area (TPSA) is 57.6 Å². The smallest absolute Gasteiger partial charge is 0.255 e. The number of rotatable bonds is 8. The van der Waals surface area contributed by atoms with Crippen molar-refractivity contribution in [2.24, 2.45) is 0 Å². The van der Waals surface area contributed by atoms with Crippen LogP contribution in [0.2, 0.25) is 0 Å². The number of hydrogen-bond acceptors (Lipinski definition) is 4. The van der Waals surface area contributed by atoms with Gasteiger partial charge < -0.3 is 19.7 Å². The van der Waals surface area contributed by atoms with Crippen molar-refractivity contribution in [1.29, 1.82) is 0 Å². The lowest BCUT2D eigenvalue weighted by Gasteiger charge is -2.40. The van der Waals surface area contributed by atoms with Crippen LogP contribution in [0.1, 0.15) is 85.8 Å². The fourth-order valence-corrected chi connectivity index (χ4v) is 8.63. The molecule has 0 radical (unpaired) electrons. The Morgan fingerprint density at radius 1 is 1.23 bits per heavy atom. The van der Waals surface area contributed by atoms with Gasteiger partial charge in [-0.15, -0.1) is 9.24 Å². The van der Waals surface area contributed by atoms with E-state index in [2.05, 4.69) is 63.1 Å². The third-order valence-electron chi connectivity index (χ3n) is 9.26. The highest BCUT2D eigenvalue weighted by atomic mass is 127. The largest absolute Gasteiger partial charge is 0.371 e. The summed E-state index contributed by atoms with van der Waals surface area (Å²) in [6, 6.07) is 7.71. The number of alkyl halides is 2. The van der Waals surface area contributed by atoms with Crippen molar-refractivity contribution < 1.29 is 9.18 Å². The van der Waals surface area contributed by atoms with Crippen LogP contribution in [0.5, 0.6) is 0 Å². The summed E-state index contributed by atoms with van der Waals surface area (Å²) >= 11 is 2.40. The minimum absolute atomic E-state index is 0.0462. The van der Waals surface area contributed by atoms with Crippen LogP contribution in [-0.2, 0) is 5.54 Å². The molecule has 0 spiro atoms. The van der Waals surface area contributed by atoms with Crippen molar-refractivity contribution in [1.82, 2.24) is 14.8 Å². The Hall–Kier alpha value is -1.08. The summed E-state index contributed by atoms with van der Waals surface area (Å²) in [5, 5.41) is 3.93. The lowest BCUT2D eigenvalue weighted by molar-refractivity contribution is 0.0939. The summed E-state index contributed by atoms with van der Waals surface area (Å²) in [6.45, 7) is 6.29. The third-order valence-corrected chi connectivity index (χ3v) is 11.4. The summed E-state index contributed by atoms with van der Waals surface area (Å²) in [7, 11) is 6.86. The minimum atomic E-state index is -1.18. The van der Waals surface area contributed by atoms with Crippen LogP contribution in [0.4, 0.5) is 10.1 Å². The number of piperidine rings is 1. The summed E-state index contributed by atoms with van der Waals surface area (Å²) < 4.78 is 16.2. The molecule has 10 heteroatoms. The predicted molar refractivity (Wildman–Crippen MR) is 173 cm³/mol. The fraction of sp³-hybridized carbons (Fsp3) is 0.586. The molecule has 6 nitrogen and oxygen atoms in total. The van der Waals surface area contributed by atoms with Crippen LogP contribution in [0.15, 0.2) is 35.3 Å². The van der Waals surface area contributed by atoms with Gasteiger partial charge in [0.1, 0.15) is 5.91 Å². The third kappa shape index (κ3) is 5.69. The standard InChI is InChI=1S/C29H40FIN4O2P2/c1-17(21-7-4-8-22(26(21)38)27(30)39)32-28(37)23-16-35(29(10-11-29)18(2)31)25(36)15-24(23)33(3)19-9-13-34-12-5-6-20(34)14-19/h4,7-8,15-20,27H,5-6,9-14,38-39H2,1-3H3,(H,32,37)/t17-,18?,19-,20+,27?/m1/s1. The van der Waals surface area contributed by atoms with Crippen LogP contribution in [0, 0.1) is 0 Å². The van der Waals surface area contributed by atoms with Crippen molar-refractivity contribution in [3.05, 3.63) is 57.5 Å². The molecule has 1 N–H and O–H groups in total. The fourth-order valence-electron chi connectivity index (χ4n) is 6.62. The van der Waals surface area contributed by atoms with E-state index in [0.717, 1.165) is 43.1 Å². The van der Waals surface area contributed by atoms with Gasteiger partial charge in [-0.25, -0.2) is 4.39 Å². The summed E-state index contributed by atoms with van der Waals surface area (Å²) in [6.07, 6.45) is 8.22. The highest BCUT2D eigenvalue weighted by molar-refractivity contribution is 14.1. The summed E-state index contributed by atoms with van der Waals surface area (Å²) in [5.74, 6) is -1.40. The van der Waals surface area contributed by atoms with Gasteiger partial charge in [-0.3, -0.25) is 9.59 Å². The Labute approximate surface area is 249 Å². The van der Waals surface area contributed by atoms with Gasteiger partial charge >= 0.3 is 0 Å². The van der Waals surface area contributed by atoms with E-state index in [0.29, 0.717) is 22.9 Å². The van der Waals surface area contributed by atoms with E-state index in [1.807, 2.05) is 30.7 Å². The van der Waals surface area contributed by atoms with Gasteiger partial charge in [0.25, 0.3) is 11.5 Å². The first-order valence-electron chi connectivity index (χ1n) is 14.0. The molecule has 2 aromatic rings. The molecule has 3 fully saturated rings. The molecule has 3 aliphatic rings. The molecular weight excluding hydrogens is 644 g/mol. The first-order valence-corrected chi connectivity index (χ1v) is 16.5. The highest BCUT2D eigenvalue weighted by Crippen LogP contribution is 2.49. The van der Waals surface area contributed by atoms with Crippen LogP contribution >= 0.6 is 41.1 Å². The Bertz CT molecular complexity index is 1300. The number of hydrogen-bond donors (Lipinski definition) is 1. The molecule has 39 heavy (non-hydrogen) atoms. The summed E-state index contributed by atoms with van der Waals surface area (Å²) in [5.41, 5.74) is 2.37. The number of amides is 1. The SMILES string of the molecule is CC(I)C1(n2cc(C(=O)N[C@H](C)c3cccc(C(F)P)c3P)c(N(C)[C@@H]3CCN4CCC[C@H]4C3)cc2=O)CC1. The van der Waals surface area contributed by atoms with E-state index in [1.54, 1.807) is 18.3 Å². The molecule has 4 unspecified atom stereocenters. The summed E-state index contributed by atoms with van der Waals surface area (Å²) in [4.78, 5) is 32.3. The number of aromatic nitrogens is 1. The van der Waals surface area contributed by atoms with Crippen LogP contribution in [-0.4, -0.2) is 51.5 Å². The second kappa shape index (κ2) is 11.7. The average Bonchev–Trinajstić information content (AvgIpc) is 3.58. The zero-order valence-corrected chi connectivity index (χ0v) is 27.5. The number of carbonyl (C=O) groups is 1. The number of benzene rings is 1. The molecule has 5 rings (SSSR count). The molecular formula is C29H40FIN4O2P2. The number of nitrogens with zero attached hydrogens (tertiary/aromatic N) is 3. The molecule has 212 valence electrons. The maximum absolute atomic E-state index is 14.2. The van der Waals surface area contributed by atoms with Crippen molar-refractivity contribution in [3.8, 4) is 0 Å². The lowest BCUT2D eigenvalue weighted by atomic mass is 9.95. The van der Waals surface area contributed by atoms with Crippen molar-refractivity contribution in [3.63, 3.8) is 0 Å². The van der Waals surface area contributed by atoms with Crippen molar-refractivity contribution in [2.45, 2.75) is 85.9 Å². The second-order valence-electron chi connectivity index (χ2n) is 11.6. The molecule has 0 bridgehead atoms. The van der Waals surface area contributed by atoms with E-state index in [1.165, 1.54) is 19.4 Å². The number of nitrogens with one attached hydrogen (secondary N) is 1. The van der Waals surface area contributed by atoms with Gasteiger partial charge in [-0.1, -0.05) is 57.0 Å². The van der Waals surface area contributed by atoms with E-state index >= 15 is 0 Å². The number of pyridine rings is 1. The highest BCUT2D eigenvalue weighted by Gasteiger charge is 2.49. The molecule has 2 saturated heterocycles. The molecule has 1 amide bonds. The Morgan fingerprint density at radius 2 is 1.95 bits per heavy atom. The maximum Gasteiger partial charge on any atom is 0.255 e. The van der Waals surface area contributed by atoms with E-state index < -0.39 is 5.91 Å². The van der Waals surface area contributed by atoms with Gasteiger partial charge in [0.15, 0.2) is 0 Å². The molecule has 7 atom stereocenters. The normalized spacial score (nSPS) is 24.5. The average molecular weight is 685 g/mol. The van der Waals surface area contributed by atoms with E-state index in [9.17, 15) is 14.0 Å². The number of halogens is 2. The van der Waals surface area contributed by atoms with E-state index in [4.69, 9.17) is 0 Å². The van der Waals surface area contributed by atoms with Gasteiger partial charge in [0, 0.05) is 41.9 Å². The van der Waals surface area contributed by atoms with E-state index in [-0.39, 0.29) is 33.0 Å². The van der Waals surface area contributed by atoms with Crippen molar-refractivity contribution >= 4 is 58.0 Å². The van der Waals surface area contributed by atoms with Gasteiger partial charge in [0.05, 0.1) is 22.8 Å². The zero-order chi connectivity index (χ0) is 28.1. The lowest BCUT2D eigenvalue weighted by Crippen LogP contribution is -2.47. The monoisotopic (exact) mass is 684 g/mol. The number of carbonyl (C=O) groups excluding carboxylic acids is 1. The molecule has 3 heterocycles. The molecule has 1 aromatic heterocycles. The molecule has 2 aliphatic heterocycles. The second-order valence-corrected chi connectivity index (χ2v) is 14.6. The number of anilines is 1. The van der Waals surface area contributed by atoms with Gasteiger partial charge in [-0.2, -0.15) is 0 Å². The Morgan fingerprint density at radius 3 is 2.62 bits per heavy atom. The maximum atomic E-state index is 14.2. The first kappa shape index (κ1) is 29.4. The molecule has 1 aliphatic carbocycles. The van der Waals surface area contributed by atoms with Crippen molar-refractivity contribution in [2.75, 3.05) is 25.0 Å². The van der Waals surface area contributed by atoms with Crippen LogP contribution < -0.4 is 21.1 Å². The first-order chi connectivity index (χ1) is 18.5. The Balaban J connectivity index is 1.49. The van der Waals surface area contributed by atoms with Crippen LogP contribution in [0.25, 0.3) is 0 Å². The van der Waals surface area contributed by atoms with Crippen LogP contribution in [0.3, 0.4) is 0 Å². The quantitative estimate of drug-likeness (QED) is 0.240. The number of fused-ring (bicyclic) bond motifs is 1. The zero-order valence-electron chi connectivity index (χ0n) is 23.0. The Kier molecular flexibility index (Phi) is 8.79. The molecule has 1 saturated carbocycles. The molecule has 1 aromatic carbocycles.